The molecule has 3 aromatic carbocycles. The first kappa shape index (κ1) is 18.0. The van der Waals surface area contributed by atoms with Crippen LogP contribution in [0.15, 0.2) is 78.9 Å². The predicted octanol–water partition coefficient (Wildman–Crippen LogP) is 4.57. The van der Waals surface area contributed by atoms with Crippen LogP contribution in [0.2, 0.25) is 0 Å². The molecule has 1 aliphatic rings. The van der Waals surface area contributed by atoms with Crippen LogP contribution in [0.25, 0.3) is 0 Å². The number of benzene rings is 3. The van der Waals surface area contributed by atoms with Crippen LogP contribution in [0.1, 0.15) is 23.1 Å². The monoisotopic (exact) mass is 370 g/mol. The second-order valence-corrected chi connectivity index (χ2v) is 7.29. The van der Waals surface area contributed by atoms with Crippen molar-refractivity contribution in [2.45, 2.75) is 25.8 Å². The SMILES string of the molecule is Cc1ccc(NC(=O)C2(c3ccccc3)CC(=O)N2c2ccc(C)cc2)cc1. The molecule has 0 saturated carbocycles. The van der Waals surface area contributed by atoms with E-state index in [0.717, 1.165) is 22.4 Å². The lowest BCUT2D eigenvalue weighted by molar-refractivity contribution is -0.137. The molecule has 3 aromatic rings. The van der Waals surface area contributed by atoms with Gasteiger partial charge in [0.1, 0.15) is 0 Å². The highest BCUT2D eigenvalue weighted by molar-refractivity contribution is 6.17. The van der Waals surface area contributed by atoms with E-state index in [-0.39, 0.29) is 18.2 Å². The van der Waals surface area contributed by atoms with E-state index in [4.69, 9.17) is 0 Å². The van der Waals surface area contributed by atoms with E-state index in [1.165, 1.54) is 0 Å². The minimum atomic E-state index is -1.06. The summed E-state index contributed by atoms with van der Waals surface area (Å²) < 4.78 is 0. The summed E-state index contributed by atoms with van der Waals surface area (Å²) in [6.07, 6.45) is 0.141. The van der Waals surface area contributed by atoms with Crippen molar-refractivity contribution in [3.8, 4) is 0 Å². The average Bonchev–Trinajstić information content (AvgIpc) is 2.70. The van der Waals surface area contributed by atoms with Gasteiger partial charge in [-0.1, -0.05) is 65.7 Å². The Labute approximate surface area is 164 Å². The Hall–Kier alpha value is -3.40. The number of β-lactam (4-membered cyclic amide) rings is 1. The molecule has 140 valence electrons. The number of amides is 2. The Bertz CT molecular complexity index is 1010. The van der Waals surface area contributed by atoms with E-state index in [9.17, 15) is 9.59 Å². The third kappa shape index (κ3) is 2.97. The standard InChI is InChI=1S/C24H22N2O2/c1-17-8-12-20(13-9-17)25-23(28)24(19-6-4-3-5-7-19)16-22(27)26(24)21-14-10-18(2)11-15-21/h3-15H,16H2,1-2H3,(H,25,28). The van der Waals surface area contributed by atoms with Crippen LogP contribution in [-0.2, 0) is 15.1 Å². The first-order chi connectivity index (χ1) is 13.5. The molecular formula is C24H22N2O2. The molecule has 1 unspecified atom stereocenters. The Morgan fingerprint density at radius 2 is 1.43 bits per heavy atom. The fraction of sp³-hybridized carbons (Fsp3) is 0.167. The molecule has 28 heavy (non-hydrogen) atoms. The molecule has 1 saturated heterocycles. The molecule has 0 bridgehead atoms. The van der Waals surface area contributed by atoms with Crippen LogP contribution in [0, 0.1) is 13.8 Å². The molecule has 4 heteroatoms. The van der Waals surface area contributed by atoms with Crippen LogP contribution in [0.4, 0.5) is 11.4 Å². The van der Waals surface area contributed by atoms with Gasteiger partial charge in [-0.2, -0.15) is 0 Å². The molecule has 4 nitrogen and oxygen atoms in total. The van der Waals surface area contributed by atoms with E-state index in [2.05, 4.69) is 5.32 Å². The van der Waals surface area contributed by atoms with Crippen molar-refractivity contribution in [3.05, 3.63) is 95.6 Å². The molecule has 0 aromatic heterocycles. The summed E-state index contributed by atoms with van der Waals surface area (Å²) in [6.45, 7) is 4.00. The molecule has 2 amide bonds. The summed E-state index contributed by atoms with van der Waals surface area (Å²) >= 11 is 0. The molecule has 0 spiro atoms. The van der Waals surface area contributed by atoms with Crippen LogP contribution < -0.4 is 10.2 Å². The van der Waals surface area contributed by atoms with Gasteiger partial charge in [0.25, 0.3) is 5.91 Å². The molecule has 1 fully saturated rings. The maximum Gasteiger partial charge on any atom is 0.255 e. The highest BCUT2D eigenvalue weighted by Crippen LogP contribution is 2.45. The van der Waals surface area contributed by atoms with Gasteiger partial charge < -0.3 is 5.32 Å². The lowest BCUT2D eigenvalue weighted by Crippen LogP contribution is -2.67. The second-order valence-electron chi connectivity index (χ2n) is 7.29. The first-order valence-electron chi connectivity index (χ1n) is 9.34. The molecule has 1 atom stereocenters. The topological polar surface area (TPSA) is 49.4 Å². The smallest absolute Gasteiger partial charge is 0.255 e. The van der Waals surface area contributed by atoms with Crippen molar-refractivity contribution >= 4 is 23.2 Å². The summed E-state index contributed by atoms with van der Waals surface area (Å²) in [5.41, 5.74) is 3.42. The van der Waals surface area contributed by atoms with Gasteiger partial charge in [-0.05, 0) is 43.7 Å². The zero-order chi connectivity index (χ0) is 19.7. The lowest BCUT2D eigenvalue weighted by Gasteiger charge is -2.50. The van der Waals surface area contributed by atoms with E-state index in [1.54, 1.807) is 4.90 Å². The van der Waals surface area contributed by atoms with Crippen molar-refractivity contribution in [1.29, 1.82) is 0 Å². The third-order valence-corrected chi connectivity index (χ3v) is 5.27. The van der Waals surface area contributed by atoms with Crippen LogP contribution in [-0.4, -0.2) is 11.8 Å². The van der Waals surface area contributed by atoms with Crippen LogP contribution >= 0.6 is 0 Å². The molecule has 1 N–H and O–H groups in total. The zero-order valence-corrected chi connectivity index (χ0v) is 16.0. The fourth-order valence-corrected chi connectivity index (χ4v) is 3.69. The molecular weight excluding hydrogens is 348 g/mol. The summed E-state index contributed by atoms with van der Waals surface area (Å²) in [5.74, 6) is -0.269. The number of carbonyl (C=O) groups is 2. The molecule has 0 aliphatic carbocycles. The van der Waals surface area contributed by atoms with Gasteiger partial charge in [0.2, 0.25) is 5.91 Å². The Balaban J connectivity index is 1.77. The number of rotatable bonds is 4. The predicted molar refractivity (Wildman–Crippen MR) is 111 cm³/mol. The van der Waals surface area contributed by atoms with E-state index in [1.807, 2.05) is 92.7 Å². The first-order valence-corrected chi connectivity index (χ1v) is 9.34. The van der Waals surface area contributed by atoms with Crippen molar-refractivity contribution < 1.29 is 9.59 Å². The van der Waals surface area contributed by atoms with E-state index in [0.29, 0.717) is 5.69 Å². The number of anilines is 2. The highest BCUT2D eigenvalue weighted by atomic mass is 16.2. The largest absolute Gasteiger partial charge is 0.324 e. The summed E-state index contributed by atoms with van der Waals surface area (Å²) in [6, 6.07) is 24.9. The Morgan fingerprint density at radius 1 is 0.857 bits per heavy atom. The van der Waals surface area contributed by atoms with Crippen molar-refractivity contribution in [2.75, 3.05) is 10.2 Å². The quantitative estimate of drug-likeness (QED) is 0.684. The van der Waals surface area contributed by atoms with Gasteiger partial charge in [-0.3, -0.25) is 14.5 Å². The van der Waals surface area contributed by atoms with E-state index < -0.39 is 5.54 Å². The maximum atomic E-state index is 13.5. The molecule has 1 heterocycles. The van der Waals surface area contributed by atoms with Crippen molar-refractivity contribution in [2.24, 2.45) is 0 Å². The van der Waals surface area contributed by atoms with E-state index >= 15 is 0 Å². The lowest BCUT2D eigenvalue weighted by atomic mass is 9.76. The third-order valence-electron chi connectivity index (χ3n) is 5.27. The summed E-state index contributed by atoms with van der Waals surface area (Å²) in [5, 5.41) is 3.01. The highest BCUT2D eigenvalue weighted by Gasteiger charge is 2.58. The molecule has 0 radical (unpaired) electrons. The maximum absolute atomic E-state index is 13.5. The molecule has 1 aliphatic heterocycles. The zero-order valence-electron chi connectivity index (χ0n) is 16.0. The number of aryl methyl sites for hydroxylation is 2. The normalized spacial score (nSPS) is 18.5. The van der Waals surface area contributed by atoms with Crippen LogP contribution in [0.5, 0.6) is 0 Å². The summed E-state index contributed by atoms with van der Waals surface area (Å²) in [7, 11) is 0. The Morgan fingerprint density at radius 3 is 2.00 bits per heavy atom. The minimum Gasteiger partial charge on any atom is -0.324 e. The number of nitrogens with one attached hydrogen (secondary N) is 1. The number of nitrogens with zero attached hydrogens (tertiary/aromatic N) is 1. The van der Waals surface area contributed by atoms with Crippen LogP contribution in [0.3, 0.4) is 0 Å². The Kier molecular flexibility index (Phi) is 4.47. The van der Waals surface area contributed by atoms with Gasteiger partial charge in [0, 0.05) is 11.4 Å². The average molecular weight is 370 g/mol. The van der Waals surface area contributed by atoms with Gasteiger partial charge >= 0.3 is 0 Å². The van der Waals surface area contributed by atoms with Crippen molar-refractivity contribution in [3.63, 3.8) is 0 Å². The minimum absolute atomic E-state index is 0.0632. The number of hydrogen-bond donors (Lipinski definition) is 1. The van der Waals surface area contributed by atoms with Crippen molar-refractivity contribution in [1.82, 2.24) is 0 Å². The number of carbonyl (C=O) groups excluding carboxylic acids is 2. The van der Waals surface area contributed by atoms with Gasteiger partial charge in [0.05, 0.1) is 6.42 Å². The summed E-state index contributed by atoms with van der Waals surface area (Å²) in [4.78, 5) is 27.8. The number of hydrogen-bond acceptors (Lipinski definition) is 2. The van der Waals surface area contributed by atoms with Gasteiger partial charge in [-0.25, -0.2) is 0 Å². The van der Waals surface area contributed by atoms with Gasteiger partial charge in [-0.15, -0.1) is 0 Å². The second kappa shape index (κ2) is 6.97. The van der Waals surface area contributed by atoms with Gasteiger partial charge in [0.15, 0.2) is 5.54 Å². The fourth-order valence-electron chi connectivity index (χ4n) is 3.69. The molecule has 4 rings (SSSR count).